The predicted octanol–water partition coefficient (Wildman–Crippen LogP) is 3.42. The predicted molar refractivity (Wildman–Crippen MR) is 69.8 cm³/mol. The number of hydrogen-bond acceptors (Lipinski definition) is 1. The van der Waals surface area contributed by atoms with E-state index >= 15 is 0 Å². The van der Waals surface area contributed by atoms with Crippen LogP contribution in [0.1, 0.15) is 5.69 Å². The van der Waals surface area contributed by atoms with Gasteiger partial charge in [-0.25, -0.2) is 4.39 Å². The third-order valence-electron chi connectivity index (χ3n) is 3.07. The van der Waals surface area contributed by atoms with E-state index in [-0.39, 0.29) is 5.82 Å². The fourth-order valence-corrected chi connectivity index (χ4v) is 2.13. The summed E-state index contributed by atoms with van der Waals surface area (Å²) in [6.07, 6.45) is 4.64. The summed E-state index contributed by atoms with van der Waals surface area (Å²) in [6.45, 7) is 0.809. The lowest BCUT2D eigenvalue weighted by Gasteiger charge is -2.05. The van der Waals surface area contributed by atoms with E-state index in [1.54, 1.807) is 12.3 Å². The van der Waals surface area contributed by atoms with E-state index in [1.165, 1.54) is 6.07 Å². The first-order valence-corrected chi connectivity index (χ1v) is 5.97. The van der Waals surface area contributed by atoms with Crippen LogP contribution in [-0.4, -0.2) is 9.55 Å². The summed E-state index contributed by atoms with van der Waals surface area (Å²) in [4.78, 5) is 4.29. The van der Waals surface area contributed by atoms with Crippen LogP contribution in [0.5, 0.6) is 0 Å². The van der Waals surface area contributed by atoms with Gasteiger partial charge in [0.05, 0.1) is 5.52 Å². The average molecular weight is 240 g/mol. The summed E-state index contributed by atoms with van der Waals surface area (Å²) >= 11 is 0. The first-order chi connectivity index (χ1) is 8.83. The van der Waals surface area contributed by atoms with E-state index < -0.39 is 0 Å². The van der Waals surface area contributed by atoms with Crippen molar-refractivity contribution in [1.29, 1.82) is 0 Å². The van der Waals surface area contributed by atoms with Crippen molar-refractivity contribution in [2.75, 3.05) is 0 Å². The van der Waals surface area contributed by atoms with E-state index in [9.17, 15) is 4.39 Å². The van der Waals surface area contributed by atoms with E-state index in [2.05, 4.69) is 9.55 Å². The molecule has 1 aromatic carbocycles. The van der Waals surface area contributed by atoms with Crippen molar-refractivity contribution in [3.05, 3.63) is 66.4 Å². The van der Waals surface area contributed by atoms with Crippen molar-refractivity contribution >= 4 is 10.9 Å². The van der Waals surface area contributed by atoms with Crippen LogP contribution in [0, 0.1) is 5.82 Å². The second-order valence-corrected chi connectivity index (χ2v) is 4.28. The van der Waals surface area contributed by atoms with Crippen LogP contribution in [0.4, 0.5) is 4.39 Å². The molecular formula is C15H13FN2. The Morgan fingerprint density at radius 1 is 1.11 bits per heavy atom. The summed E-state index contributed by atoms with van der Waals surface area (Å²) < 4.78 is 15.3. The minimum Gasteiger partial charge on any atom is -0.347 e. The fourth-order valence-electron chi connectivity index (χ4n) is 2.13. The van der Waals surface area contributed by atoms with Gasteiger partial charge in [-0.05, 0) is 41.8 Å². The third-order valence-corrected chi connectivity index (χ3v) is 3.07. The number of aromatic nitrogens is 2. The summed E-state index contributed by atoms with van der Waals surface area (Å²) in [5.74, 6) is -0.194. The Morgan fingerprint density at radius 3 is 2.89 bits per heavy atom. The Morgan fingerprint density at radius 2 is 2.06 bits per heavy atom. The molecule has 3 rings (SSSR count). The molecule has 0 fully saturated rings. The Labute approximate surface area is 105 Å². The van der Waals surface area contributed by atoms with Crippen LogP contribution in [0.25, 0.3) is 10.9 Å². The summed E-state index contributed by atoms with van der Waals surface area (Å²) in [6, 6.07) is 12.8. The number of rotatable bonds is 3. The van der Waals surface area contributed by atoms with Gasteiger partial charge in [0, 0.05) is 31.1 Å². The number of hydrogen-bond donors (Lipinski definition) is 0. The number of pyridine rings is 1. The largest absolute Gasteiger partial charge is 0.347 e. The Kier molecular flexibility index (Phi) is 2.81. The third kappa shape index (κ3) is 2.12. The molecule has 2 nitrogen and oxygen atoms in total. The van der Waals surface area contributed by atoms with Gasteiger partial charge >= 0.3 is 0 Å². The van der Waals surface area contributed by atoms with Gasteiger partial charge in [0.1, 0.15) is 5.82 Å². The van der Waals surface area contributed by atoms with Gasteiger partial charge < -0.3 is 4.57 Å². The van der Waals surface area contributed by atoms with Gasteiger partial charge in [-0.2, -0.15) is 0 Å². The molecule has 0 saturated carbocycles. The minimum atomic E-state index is -0.194. The average Bonchev–Trinajstić information content (AvgIpc) is 2.80. The fraction of sp³-hybridized carbons (Fsp3) is 0.133. The van der Waals surface area contributed by atoms with Crippen molar-refractivity contribution < 1.29 is 4.39 Å². The highest BCUT2D eigenvalue weighted by Crippen LogP contribution is 2.17. The molecule has 3 heteroatoms. The monoisotopic (exact) mass is 240 g/mol. The zero-order valence-corrected chi connectivity index (χ0v) is 9.88. The van der Waals surface area contributed by atoms with Crippen molar-refractivity contribution in [3.63, 3.8) is 0 Å². The van der Waals surface area contributed by atoms with Crippen LogP contribution in [0.2, 0.25) is 0 Å². The zero-order valence-electron chi connectivity index (χ0n) is 9.88. The first kappa shape index (κ1) is 11.0. The van der Waals surface area contributed by atoms with E-state index in [0.717, 1.165) is 29.6 Å². The molecule has 0 aliphatic carbocycles. The number of nitrogens with zero attached hydrogens (tertiary/aromatic N) is 2. The first-order valence-electron chi connectivity index (χ1n) is 5.97. The molecule has 0 unspecified atom stereocenters. The van der Waals surface area contributed by atoms with Gasteiger partial charge in [-0.3, -0.25) is 4.98 Å². The maximum absolute atomic E-state index is 13.2. The zero-order chi connectivity index (χ0) is 12.4. The molecular weight excluding hydrogens is 227 g/mol. The molecule has 0 atom stereocenters. The van der Waals surface area contributed by atoms with Crippen molar-refractivity contribution in [1.82, 2.24) is 9.55 Å². The van der Waals surface area contributed by atoms with Crippen LogP contribution in [-0.2, 0) is 13.0 Å². The molecule has 2 heterocycles. The Balaban J connectivity index is 1.85. The van der Waals surface area contributed by atoms with Crippen molar-refractivity contribution in [2.24, 2.45) is 0 Å². The minimum absolute atomic E-state index is 0.194. The molecule has 2 aromatic heterocycles. The standard InChI is InChI=1S/C15H13FN2/c16-13-5-4-12-6-9-18(15(12)11-13)10-7-14-3-1-2-8-17-14/h1-6,8-9,11H,7,10H2. The summed E-state index contributed by atoms with van der Waals surface area (Å²) in [7, 11) is 0. The molecule has 0 bridgehead atoms. The molecule has 0 saturated heterocycles. The number of fused-ring (bicyclic) bond motifs is 1. The van der Waals surface area contributed by atoms with E-state index in [4.69, 9.17) is 0 Å². The summed E-state index contributed by atoms with van der Waals surface area (Å²) in [5.41, 5.74) is 1.99. The highest BCUT2D eigenvalue weighted by molar-refractivity contribution is 5.80. The molecule has 0 radical (unpaired) electrons. The maximum Gasteiger partial charge on any atom is 0.125 e. The van der Waals surface area contributed by atoms with Gasteiger partial charge in [-0.1, -0.05) is 6.07 Å². The Bertz CT molecular complexity index is 659. The second kappa shape index (κ2) is 4.61. The van der Waals surface area contributed by atoms with E-state index in [1.807, 2.05) is 36.5 Å². The number of halogens is 1. The van der Waals surface area contributed by atoms with Gasteiger partial charge in [0.25, 0.3) is 0 Å². The quantitative estimate of drug-likeness (QED) is 0.686. The van der Waals surface area contributed by atoms with Gasteiger partial charge in [-0.15, -0.1) is 0 Å². The second-order valence-electron chi connectivity index (χ2n) is 4.28. The normalized spacial score (nSPS) is 10.9. The lowest BCUT2D eigenvalue weighted by atomic mass is 10.2. The highest BCUT2D eigenvalue weighted by Gasteiger charge is 2.02. The molecule has 0 aliphatic heterocycles. The van der Waals surface area contributed by atoms with E-state index in [0.29, 0.717) is 0 Å². The molecule has 0 N–H and O–H groups in total. The topological polar surface area (TPSA) is 17.8 Å². The summed E-state index contributed by atoms with van der Waals surface area (Å²) in [5, 5.41) is 1.07. The lowest BCUT2D eigenvalue weighted by molar-refractivity contribution is 0.627. The smallest absolute Gasteiger partial charge is 0.125 e. The van der Waals surface area contributed by atoms with Crippen molar-refractivity contribution in [2.45, 2.75) is 13.0 Å². The molecule has 0 spiro atoms. The maximum atomic E-state index is 13.2. The van der Waals surface area contributed by atoms with Crippen LogP contribution < -0.4 is 0 Å². The number of benzene rings is 1. The molecule has 0 aliphatic rings. The number of aryl methyl sites for hydroxylation is 2. The molecule has 0 amide bonds. The van der Waals surface area contributed by atoms with Crippen LogP contribution in [0.15, 0.2) is 54.9 Å². The molecule has 18 heavy (non-hydrogen) atoms. The SMILES string of the molecule is Fc1ccc2ccn(CCc3ccccn3)c2c1. The van der Waals surface area contributed by atoms with Crippen LogP contribution >= 0.6 is 0 Å². The van der Waals surface area contributed by atoms with Gasteiger partial charge in [0.15, 0.2) is 0 Å². The van der Waals surface area contributed by atoms with Gasteiger partial charge in [0.2, 0.25) is 0 Å². The molecule has 3 aromatic rings. The highest BCUT2D eigenvalue weighted by atomic mass is 19.1. The lowest BCUT2D eigenvalue weighted by Crippen LogP contribution is -2.01. The Hall–Kier alpha value is -2.16. The molecule has 90 valence electrons. The van der Waals surface area contributed by atoms with Crippen molar-refractivity contribution in [3.8, 4) is 0 Å². The van der Waals surface area contributed by atoms with Crippen LogP contribution in [0.3, 0.4) is 0 Å².